The predicted octanol–water partition coefficient (Wildman–Crippen LogP) is 1.28. The van der Waals surface area contributed by atoms with Gasteiger partial charge in [-0.1, -0.05) is 0 Å². The molecule has 1 aromatic rings. The maximum absolute atomic E-state index is 10.4. The van der Waals surface area contributed by atoms with Crippen molar-refractivity contribution in [3.05, 3.63) is 17.7 Å². The Kier molecular flexibility index (Phi) is 5.95. The molecule has 0 bridgehead atoms. The van der Waals surface area contributed by atoms with Crippen LogP contribution in [-0.4, -0.2) is 38.9 Å². The number of hydrogen-bond donors (Lipinski definition) is 2. The number of carbonyl (C=O) groups is 1. The average Bonchev–Trinajstić information content (AvgIpc) is 2.42. The molecule has 19 heavy (non-hydrogen) atoms. The summed E-state index contributed by atoms with van der Waals surface area (Å²) in [6.45, 7) is 0.940. The molecule has 0 atom stereocenters. The van der Waals surface area contributed by atoms with Crippen LogP contribution in [0.4, 0.5) is 0 Å². The highest BCUT2D eigenvalue weighted by Gasteiger charge is 2.12. The molecule has 0 saturated heterocycles. The lowest BCUT2D eigenvalue weighted by molar-refractivity contribution is -0.136. The third-order valence-corrected chi connectivity index (χ3v) is 2.57. The summed E-state index contributed by atoms with van der Waals surface area (Å²) in [6, 6.07) is 3.66. The van der Waals surface area contributed by atoms with E-state index in [0.29, 0.717) is 30.3 Å². The van der Waals surface area contributed by atoms with Crippen LogP contribution in [0.1, 0.15) is 12.0 Å². The van der Waals surface area contributed by atoms with Gasteiger partial charge in [0.1, 0.15) is 0 Å². The number of ether oxygens (including phenoxy) is 3. The largest absolute Gasteiger partial charge is 0.493 e. The molecule has 0 aromatic heterocycles. The smallest absolute Gasteiger partial charge is 0.304 e. The molecule has 106 valence electrons. The molecule has 6 heteroatoms. The highest BCUT2D eigenvalue weighted by molar-refractivity contribution is 5.66. The molecule has 0 unspecified atom stereocenters. The Morgan fingerprint density at radius 3 is 2.16 bits per heavy atom. The van der Waals surface area contributed by atoms with Gasteiger partial charge in [0.05, 0.1) is 27.8 Å². The van der Waals surface area contributed by atoms with Crippen LogP contribution in [0.15, 0.2) is 12.1 Å². The van der Waals surface area contributed by atoms with E-state index in [1.165, 1.54) is 0 Å². The zero-order valence-electron chi connectivity index (χ0n) is 11.4. The molecule has 0 aliphatic heterocycles. The molecule has 0 saturated carbocycles. The van der Waals surface area contributed by atoms with Crippen molar-refractivity contribution in [1.29, 1.82) is 0 Å². The minimum absolute atomic E-state index is 0.0877. The topological polar surface area (TPSA) is 77.0 Å². The molecule has 1 aromatic carbocycles. The molecular weight excluding hydrogens is 250 g/mol. The van der Waals surface area contributed by atoms with E-state index < -0.39 is 5.97 Å². The molecule has 0 radical (unpaired) electrons. The summed E-state index contributed by atoms with van der Waals surface area (Å²) in [4.78, 5) is 10.4. The number of methoxy groups -OCH3 is 3. The Labute approximate surface area is 112 Å². The van der Waals surface area contributed by atoms with Gasteiger partial charge in [0, 0.05) is 13.1 Å². The van der Waals surface area contributed by atoms with Gasteiger partial charge in [0.15, 0.2) is 11.5 Å². The highest BCUT2D eigenvalue weighted by Crippen LogP contribution is 2.38. The van der Waals surface area contributed by atoms with Crippen LogP contribution in [0.2, 0.25) is 0 Å². The van der Waals surface area contributed by atoms with Crippen LogP contribution in [0.3, 0.4) is 0 Å². The summed E-state index contributed by atoms with van der Waals surface area (Å²) in [5, 5.41) is 11.6. The summed E-state index contributed by atoms with van der Waals surface area (Å²) < 4.78 is 15.7. The summed E-state index contributed by atoms with van der Waals surface area (Å²) in [5.41, 5.74) is 0.930. The van der Waals surface area contributed by atoms with Crippen LogP contribution in [-0.2, 0) is 11.3 Å². The lowest BCUT2D eigenvalue weighted by Crippen LogP contribution is -2.17. The molecule has 0 spiro atoms. The molecule has 0 amide bonds. The molecule has 0 heterocycles. The van der Waals surface area contributed by atoms with Gasteiger partial charge in [-0.25, -0.2) is 0 Å². The van der Waals surface area contributed by atoms with E-state index in [2.05, 4.69) is 5.32 Å². The first-order valence-electron chi connectivity index (χ1n) is 5.83. The van der Waals surface area contributed by atoms with Crippen molar-refractivity contribution < 1.29 is 24.1 Å². The predicted molar refractivity (Wildman–Crippen MR) is 70.1 cm³/mol. The maximum atomic E-state index is 10.4. The van der Waals surface area contributed by atoms with Crippen molar-refractivity contribution in [3.63, 3.8) is 0 Å². The quantitative estimate of drug-likeness (QED) is 0.692. The van der Waals surface area contributed by atoms with Crippen LogP contribution >= 0.6 is 0 Å². The lowest BCUT2D eigenvalue weighted by atomic mass is 10.1. The molecule has 2 N–H and O–H groups in total. The van der Waals surface area contributed by atoms with Gasteiger partial charge >= 0.3 is 5.97 Å². The lowest BCUT2D eigenvalue weighted by Gasteiger charge is -2.14. The molecule has 0 aliphatic rings. The van der Waals surface area contributed by atoms with Gasteiger partial charge in [-0.15, -0.1) is 0 Å². The van der Waals surface area contributed by atoms with Gasteiger partial charge in [0.2, 0.25) is 5.75 Å². The van der Waals surface area contributed by atoms with Gasteiger partial charge in [-0.05, 0) is 17.7 Å². The minimum Gasteiger partial charge on any atom is -0.493 e. The monoisotopic (exact) mass is 269 g/mol. The SMILES string of the molecule is COc1cc(CNCCC(=O)O)cc(OC)c1OC. The number of aliphatic carboxylic acids is 1. The first kappa shape index (κ1) is 15.1. The Balaban J connectivity index is 2.76. The van der Waals surface area contributed by atoms with Gasteiger partial charge < -0.3 is 24.6 Å². The number of carboxylic acid groups (broad SMARTS) is 1. The number of rotatable bonds is 8. The van der Waals surface area contributed by atoms with Crippen molar-refractivity contribution >= 4 is 5.97 Å². The first-order valence-corrected chi connectivity index (χ1v) is 5.83. The molecule has 0 fully saturated rings. The van der Waals surface area contributed by atoms with E-state index in [4.69, 9.17) is 19.3 Å². The van der Waals surface area contributed by atoms with Crippen molar-refractivity contribution in [2.75, 3.05) is 27.9 Å². The van der Waals surface area contributed by atoms with E-state index in [1.54, 1.807) is 21.3 Å². The summed E-state index contributed by atoms with van der Waals surface area (Å²) in [6.07, 6.45) is 0.0877. The number of benzene rings is 1. The van der Waals surface area contributed by atoms with E-state index in [0.717, 1.165) is 5.56 Å². The van der Waals surface area contributed by atoms with Crippen molar-refractivity contribution in [1.82, 2.24) is 5.32 Å². The average molecular weight is 269 g/mol. The maximum Gasteiger partial charge on any atom is 0.304 e. The third kappa shape index (κ3) is 4.33. The molecule has 6 nitrogen and oxygen atoms in total. The number of hydrogen-bond acceptors (Lipinski definition) is 5. The molecule has 1 rings (SSSR count). The fourth-order valence-electron chi connectivity index (χ4n) is 1.67. The molecular formula is C13H19NO5. The molecule has 0 aliphatic carbocycles. The van der Waals surface area contributed by atoms with E-state index >= 15 is 0 Å². The Hall–Kier alpha value is -1.95. The number of carboxylic acids is 1. The van der Waals surface area contributed by atoms with Crippen LogP contribution in [0.25, 0.3) is 0 Å². The third-order valence-electron chi connectivity index (χ3n) is 2.57. The second-order valence-corrected chi connectivity index (χ2v) is 3.85. The minimum atomic E-state index is -0.822. The van der Waals surface area contributed by atoms with Gasteiger partial charge in [-0.3, -0.25) is 4.79 Å². The summed E-state index contributed by atoms with van der Waals surface area (Å²) in [7, 11) is 4.66. The van der Waals surface area contributed by atoms with Crippen molar-refractivity contribution in [2.24, 2.45) is 0 Å². The second kappa shape index (κ2) is 7.48. The summed E-state index contributed by atoms with van der Waals surface area (Å²) in [5.74, 6) is 0.880. The standard InChI is InChI=1S/C13H19NO5/c1-17-10-6-9(8-14-5-4-12(15)16)7-11(18-2)13(10)19-3/h6-7,14H,4-5,8H2,1-3H3,(H,15,16). The zero-order valence-corrected chi connectivity index (χ0v) is 11.4. The van der Waals surface area contributed by atoms with E-state index in [1.807, 2.05) is 12.1 Å². The summed E-state index contributed by atoms with van der Waals surface area (Å²) >= 11 is 0. The van der Waals surface area contributed by atoms with Crippen molar-refractivity contribution in [2.45, 2.75) is 13.0 Å². The van der Waals surface area contributed by atoms with Crippen LogP contribution in [0, 0.1) is 0 Å². The van der Waals surface area contributed by atoms with E-state index in [9.17, 15) is 4.79 Å². The van der Waals surface area contributed by atoms with Gasteiger partial charge in [0.25, 0.3) is 0 Å². The fraction of sp³-hybridized carbons (Fsp3) is 0.462. The Bertz CT molecular complexity index is 408. The number of nitrogens with one attached hydrogen (secondary N) is 1. The fourth-order valence-corrected chi connectivity index (χ4v) is 1.67. The highest BCUT2D eigenvalue weighted by atomic mass is 16.5. The Morgan fingerprint density at radius 2 is 1.74 bits per heavy atom. The van der Waals surface area contributed by atoms with Gasteiger partial charge in [-0.2, -0.15) is 0 Å². The first-order chi connectivity index (χ1) is 9.12. The van der Waals surface area contributed by atoms with Crippen molar-refractivity contribution in [3.8, 4) is 17.2 Å². The second-order valence-electron chi connectivity index (χ2n) is 3.85. The normalized spacial score (nSPS) is 10.1. The van der Waals surface area contributed by atoms with E-state index in [-0.39, 0.29) is 6.42 Å². The van der Waals surface area contributed by atoms with Crippen LogP contribution < -0.4 is 19.5 Å². The Morgan fingerprint density at radius 1 is 1.16 bits per heavy atom. The van der Waals surface area contributed by atoms with Crippen LogP contribution in [0.5, 0.6) is 17.2 Å². The zero-order chi connectivity index (χ0) is 14.3.